The number of carbonyl (C=O) groups excluding carboxylic acids is 1. The zero-order valence-corrected chi connectivity index (χ0v) is 6.87. The van der Waals surface area contributed by atoms with E-state index in [0.717, 1.165) is 12.8 Å². The Morgan fingerprint density at radius 1 is 1.67 bits per heavy atom. The summed E-state index contributed by atoms with van der Waals surface area (Å²) < 4.78 is 0. The van der Waals surface area contributed by atoms with Gasteiger partial charge in [0.2, 0.25) is 5.24 Å². The van der Waals surface area contributed by atoms with E-state index in [-0.39, 0.29) is 10.6 Å². The fourth-order valence-corrected chi connectivity index (χ4v) is 0.810. The average Bonchev–Trinajstić information content (AvgIpc) is 1.63. The second-order valence-electron chi connectivity index (χ2n) is 2.03. The van der Waals surface area contributed by atoms with Gasteiger partial charge in [0, 0.05) is 11.8 Å². The maximum atomic E-state index is 10.1. The monoisotopic (exact) mass is 168 g/mol. The molecular formula is C6H10Cl2O. The molecule has 0 unspecified atom stereocenters. The average molecular weight is 169 g/mol. The van der Waals surface area contributed by atoms with E-state index in [2.05, 4.69) is 0 Å². The molecule has 0 bridgehead atoms. The van der Waals surface area contributed by atoms with Crippen LogP contribution >= 0.6 is 23.2 Å². The Balaban J connectivity index is 3.01. The summed E-state index contributed by atoms with van der Waals surface area (Å²) >= 11 is 10.7. The largest absolute Gasteiger partial charge is 0.281 e. The van der Waals surface area contributed by atoms with E-state index in [0.29, 0.717) is 6.42 Å². The standard InChI is InChI=1S/C6H10Cl2O/c1-5(7)3-2-4-6(8)9/h5H,2-4H2,1H3/t5-/m1/s1. The molecule has 0 rings (SSSR count). The fraction of sp³-hybridized carbons (Fsp3) is 0.833. The van der Waals surface area contributed by atoms with Gasteiger partial charge in [0.05, 0.1) is 0 Å². The van der Waals surface area contributed by atoms with Crippen LogP contribution in [0.1, 0.15) is 26.2 Å². The lowest BCUT2D eigenvalue weighted by molar-refractivity contribution is -0.111. The van der Waals surface area contributed by atoms with Crippen LogP contribution in [-0.4, -0.2) is 10.6 Å². The second kappa shape index (κ2) is 5.07. The highest BCUT2D eigenvalue weighted by atomic mass is 35.5. The first-order chi connectivity index (χ1) is 4.13. The highest BCUT2D eigenvalue weighted by molar-refractivity contribution is 6.63. The second-order valence-corrected chi connectivity index (χ2v) is 3.19. The Morgan fingerprint density at radius 2 is 2.22 bits per heavy atom. The molecule has 54 valence electrons. The Morgan fingerprint density at radius 3 is 2.56 bits per heavy atom. The third-order valence-electron chi connectivity index (χ3n) is 0.975. The summed E-state index contributed by atoms with van der Waals surface area (Å²) in [6, 6.07) is 0. The van der Waals surface area contributed by atoms with Gasteiger partial charge in [-0.05, 0) is 31.4 Å². The number of carbonyl (C=O) groups is 1. The van der Waals surface area contributed by atoms with E-state index in [1.165, 1.54) is 0 Å². The molecule has 0 aliphatic heterocycles. The Kier molecular flexibility index (Phi) is 5.21. The van der Waals surface area contributed by atoms with Crippen molar-refractivity contribution in [2.24, 2.45) is 0 Å². The topological polar surface area (TPSA) is 17.1 Å². The number of hydrogen-bond acceptors (Lipinski definition) is 1. The molecule has 0 aromatic carbocycles. The van der Waals surface area contributed by atoms with E-state index < -0.39 is 0 Å². The molecule has 0 saturated carbocycles. The van der Waals surface area contributed by atoms with Gasteiger partial charge < -0.3 is 0 Å². The molecule has 0 saturated heterocycles. The summed E-state index contributed by atoms with van der Waals surface area (Å²) in [4.78, 5) is 10.1. The molecule has 0 aromatic rings. The first-order valence-corrected chi connectivity index (χ1v) is 3.76. The minimum absolute atomic E-state index is 0.154. The van der Waals surface area contributed by atoms with E-state index >= 15 is 0 Å². The first-order valence-electron chi connectivity index (χ1n) is 2.95. The Hall–Kier alpha value is 0.250. The van der Waals surface area contributed by atoms with Crippen LogP contribution in [0, 0.1) is 0 Å². The molecule has 3 heteroatoms. The Labute approximate surface area is 65.3 Å². The van der Waals surface area contributed by atoms with Gasteiger partial charge in [0.25, 0.3) is 0 Å². The number of hydrogen-bond donors (Lipinski definition) is 0. The molecule has 0 aliphatic carbocycles. The zero-order valence-electron chi connectivity index (χ0n) is 5.36. The van der Waals surface area contributed by atoms with Gasteiger partial charge in [-0.15, -0.1) is 11.6 Å². The first kappa shape index (κ1) is 9.25. The summed E-state index contributed by atoms with van der Waals surface area (Å²) in [5.74, 6) is 0. The van der Waals surface area contributed by atoms with E-state index in [9.17, 15) is 4.79 Å². The molecule has 1 atom stereocenters. The van der Waals surface area contributed by atoms with Crippen LogP contribution in [0.5, 0.6) is 0 Å². The van der Waals surface area contributed by atoms with Crippen molar-refractivity contribution in [2.75, 3.05) is 0 Å². The van der Waals surface area contributed by atoms with E-state index in [1.54, 1.807) is 0 Å². The van der Waals surface area contributed by atoms with Crippen LogP contribution in [0.25, 0.3) is 0 Å². The molecule has 0 heterocycles. The van der Waals surface area contributed by atoms with Crippen LogP contribution in [0.2, 0.25) is 0 Å². The third kappa shape index (κ3) is 8.25. The molecule has 0 fully saturated rings. The Bertz CT molecular complexity index is 91.1. The molecule has 0 aliphatic rings. The van der Waals surface area contributed by atoms with Crippen molar-refractivity contribution < 1.29 is 4.79 Å². The number of alkyl halides is 1. The maximum absolute atomic E-state index is 10.1. The lowest BCUT2D eigenvalue weighted by Gasteiger charge is -1.97. The van der Waals surface area contributed by atoms with Crippen LogP contribution in [0.3, 0.4) is 0 Å². The van der Waals surface area contributed by atoms with Crippen molar-refractivity contribution in [1.82, 2.24) is 0 Å². The minimum atomic E-state index is -0.271. The summed E-state index contributed by atoms with van der Waals surface area (Å²) in [5.41, 5.74) is 0. The fourth-order valence-electron chi connectivity index (χ4n) is 0.522. The van der Waals surface area contributed by atoms with Crippen molar-refractivity contribution in [3.63, 3.8) is 0 Å². The molecule has 0 radical (unpaired) electrons. The molecule has 9 heavy (non-hydrogen) atoms. The smallest absolute Gasteiger partial charge is 0.221 e. The maximum Gasteiger partial charge on any atom is 0.221 e. The van der Waals surface area contributed by atoms with Gasteiger partial charge in [-0.2, -0.15) is 0 Å². The predicted molar refractivity (Wildman–Crippen MR) is 40.0 cm³/mol. The molecule has 0 aromatic heterocycles. The summed E-state index contributed by atoms with van der Waals surface area (Å²) in [6.45, 7) is 1.90. The van der Waals surface area contributed by atoms with Gasteiger partial charge in [0.1, 0.15) is 0 Å². The van der Waals surface area contributed by atoms with Gasteiger partial charge in [-0.25, -0.2) is 0 Å². The lowest BCUT2D eigenvalue weighted by atomic mass is 10.2. The molecule has 1 nitrogen and oxygen atoms in total. The molecule has 0 spiro atoms. The van der Waals surface area contributed by atoms with Crippen molar-refractivity contribution in [2.45, 2.75) is 31.6 Å². The van der Waals surface area contributed by atoms with Crippen LogP contribution in [0.15, 0.2) is 0 Å². The SMILES string of the molecule is C[C@@H](Cl)CCCC(=O)Cl. The van der Waals surface area contributed by atoms with E-state index in [1.807, 2.05) is 6.92 Å². The van der Waals surface area contributed by atoms with Crippen molar-refractivity contribution in [3.05, 3.63) is 0 Å². The van der Waals surface area contributed by atoms with Gasteiger partial charge in [-0.3, -0.25) is 4.79 Å². The third-order valence-corrected chi connectivity index (χ3v) is 1.38. The van der Waals surface area contributed by atoms with Gasteiger partial charge in [0.15, 0.2) is 0 Å². The highest BCUT2D eigenvalue weighted by Crippen LogP contribution is 2.06. The molecular weight excluding hydrogens is 159 g/mol. The minimum Gasteiger partial charge on any atom is -0.281 e. The van der Waals surface area contributed by atoms with Crippen LogP contribution < -0.4 is 0 Å². The lowest BCUT2D eigenvalue weighted by Crippen LogP contribution is -1.92. The number of halogens is 2. The highest BCUT2D eigenvalue weighted by Gasteiger charge is 1.98. The van der Waals surface area contributed by atoms with Crippen LogP contribution in [0.4, 0.5) is 0 Å². The van der Waals surface area contributed by atoms with Gasteiger partial charge in [-0.1, -0.05) is 0 Å². The van der Waals surface area contributed by atoms with Crippen molar-refractivity contribution >= 4 is 28.4 Å². The number of rotatable bonds is 4. The zero-order chi connectivity index (χ0) is 7.28. The summed E-state index contributed by atoms with van der Waals surface area (Å²) in [6.07, 6.45) is 2.10. The quantitative estimate of drug-likeness (QED) is 0.466. The van der Waals surface area contributed by atoms with E-state index in [4.69, 9.17) is 23.2 Å². The molecule has 0 amide bonds. The summed E-state index contributed by atoms with van der Waals surface area (Å²) in [5, 5.41) is -0.117. The predicted octanol–water partition coefficient (Wildman–Crippen LogP) is 2.55. The summed E-state index contributed by atoms with van der Waals surface area (Å²) in [7, 11) is 0. The normalized spacial score (nSPS) is 13.2. The van der Waals surface area contributed by atoms with Crippen molar-refractivity contribution in [1.29, 1.82) is 0 Å². The van der Waals surface area contributed by atoms with Crippen molar-refractivity contribution in [3.8, 4) is 0 Å². The van der Waals surface area contributed by atoms with Crippen LogP contribution in [-0.2, 0) is 4.79 Å². The van der Waals surface area contributed by atoms with Gasteiger partial charge >= 0.3 is 0 Å². The molecule has 0 N–H and O–H groups in total.